The molecule has 1 aliphatic rings. The van der Waals surface area contributed by atoms with Crippen molar-refractivity contribution in [3.05, 3.63) is 65.5 Å². The van der Waals surface area contributed by atoms with Gasteiger partial charge < -0.3 is 20.7 Å². The topological polar surface area (TPSA) is 79.5 Å². The first kappa shape index (κ1) is 20.0. The van der Waals surface area contributed by atoms with Gasteiger partial charge in [0.25, 0.3) is 11.8 Å². The second-order valence-electron chi connectivity index (χ2n) is 6.79. The van der Waals surface area contributed by atoms with Gasteiger partial charge in [-0.25, -0.2) is 4.39 Å². The first-order valence-corrected chi connectivity index (χ1v) is 9.22. The van der Waals surface area contributed by atoms with Crippen molar-refractivity contribution in [2.75, 3.05) is 25.5 Å². The number of anilines is 1. The van der Waals surface area contributed by atoms with Crippen LogP contribution in [-0.4, -0.2) is 37.6 Å². The predicted molar refractivity (Wildman–Crippen MR) is 104 cm³/mol. The number of hydrogen-bond donors (Lipinski definition) is 3. The number of hydrogen-bond acceptors (Lipinski definition) is 4. The van der Waals surface area contributed by atoms with Crippen LogP contribution in [0, 0.1) is 5.82 Å². The van der Waals surface area contributed by atoms with Gasteiger partial charge in [-0.2, -0.15) is 0 Å². The Hall–Kier alpha value is -2.77. The zero-order valence-electron chi connectivity index (χ0n) is 15.8. The van der Waals surface area contributed by atoms with E-state index in [0.717, 1.165) is 18.7 Å². The van der Waals surface area contributed by atoms with Gasteiger partial charge in [0, 0.05) is 24.9 Å². The van der Waals surface area contributed by atoms with E-state index in [-0.39, 0.29) is 17.6 Å². The number of benzene rings is 2. The SMILES string of the molecule is COC1(C(=O)NCc2ccc(NC(=O)c3ccc(F)cc3)cc2)CCNCC1. The third kappa shape index (κ3) is 4.74. The van der Waals surface area contributed by atoms with Gasteiger partial charge >= 0.3 is 0 Å². The lowest BCUT2D eigenvalue weighted by molar-refractivity contribution is -0.146. The van der Waals surface area contributed by atoms with E-state index in [1.165, 1.54) is 24.3 Å². The second kappa shape index (κ2) is 8.95. The number of carbonyl (C=O) groups is 2. The summed E-state index contributed by atoms with van der Waals surface area (Å²) in [7, 11) is 1.57. The van der Waals surface area contributed by atoms with Gasteiger partial charge in [-0.15, -0.1) is 0 Å². The lowest BCUT2D eigenvalue weighted by Gasteiger charge is -2.34. The van der Waals surface area contributed by atoms with E-state index < -0.39 is 5.60 Å². The van der Waals surface area contributed by atoms with Crippen LogP contribution < -0.4 is 16.0 Å². The number of halogens is 1. The third-order valence-electron chi connectivity index (χ3n) is 4.99. The number of piperidine rings is 1. The molecule has 2 amide bonds. The average Bonchev–Trinajstić information content (AvgIpc) is 2.74. The van der Waals surface area contributed by atoms with Crippen molar-refractivity contribution in [2.24, 2.45) is 0 Å². The molecule has 1 heterocycles. The molecule has 1 fully saturated rings. The maximum absolute atomic E-state index is 12.9. The minimum absolute atomic E-state index is 0.106. The summed E-state index contributed by atoms with van der Waals surface area (Å²) in [6, 6.07) is 12.6. The summed E-state index contributed by atoms with van der Waals surface area (Å²) < 4.78 is 18.5. The van der Waals surface area contributed by atoms with Gasteiger partial charge in [0.15, 0.2) is 0 Å². The third-order valence-corrected chi connectivity index (χ3v) is 4.99. The monoisotopic (exact) mass is 385 g/mol. The summed E-state index contributed by atoms with van der Waals surface area (Å²) in [5.41, 5.74) is 1.14. The van der Waals surface area contributed by atoms with E-state index in [9.17, 15) is 14.0 Å². The van der Waals surface area contributed by atoms with Crippen LogP contribution in [0.15, 0.2) is 48.5 Å². The Balaban J connectivity index is 1.55. The average molecular weight is 385 g/mol. The van der Waals surface area contributed by atoms with E-state index in [1.54, 1.807) is 19.2 Å². The largest absolute Gasteiger partial charge is 0.368 e. The molecule has 0 spiro atoms. The van der Waals surface area contributed by atoms with Crippen molar-refractivity contribution < 1.29 is 18.7 Å². The summed E-state index contributed by atoms with van der Waals surface area (Å²) in [6.07, 6.45) is 1.29. The minimum Gasteiger partial charge on any atom is -0.368 e. The maximum atomic E-state index is 12.9. The Kier molecular flexibility index (Phi) is 6.38. The van der Waals surface area contributed by atoms with Crippen LogP contribution in [-0.2, 0) is 16.1 Å². The summed E-state index contributed by atoms with van der Waals surface area (Å²) in [5.74, 6) is -0.804. The van der Waals surface area contributed by atoms with E-state index in [4.69, 9.17) is 4.74 Å². The normalized spacial score (nSPS) is 15.6. The molecule has 0 unspecified atom stereocenters. The van der Waals surface area contributed by atoms with Gasteiger partial charge in [0.1, 0.15) is 11.4 Å². The molecule has 3 N–H and O–H groups in total. The molecule has 2 aromatic rings. The molecule has 0 aromatic heterocycles. The summed E-state index contributed by atoms with van der Waals surface area (Å²) in [6.45, 7) is 1.89. The molecule has 0 radical (unpaired) electrons. The van der Waals surface area contributed by atoms with Crippen LogP contribution in [0.25, 0.3) is 0 Å². The number of carbonyl (C=O) groups excluding carboxylic acids is 2. The van der Waals surface area contributed by atoms with Crippen LogP contribution in [0.5, 0.6) is 0 Å². The fraction of sp³-hybridized carbons (Fsp3) is 0.333. The van der Waals surface area contributed by atoms with E-state index in [2.05, 4.69) is 16.0 Å². The highest BCUT2D eigenvalue weighted by Crippen LogP contribution is 2.22. The van der Waals surface area contributed by atoms with Gasteiger partial charge in [-0.05, 0) is 67.9 Å². The number of ether oxygens (including phenoxy) is 1. The fourth-order valence-corrected chi connectivity index (χ4v) is 3.21. The van der Waals surface area contributed by atoms with Crippen molar-refractivity contribution in [1.82, 2.24) is 10.6 Å². The molecule has 0 saturated carbocycles. The van der Waals surface area contributed by atoms with Crippen molar-refractivity contribution in [1.29, 1.82) is 0 Å². The minimum atomic E-state index is -0.770. The molecule has 3 rings (SSSR count). The molecule has 28 heavy (non-hydrogen) atoms. The number of nitrogens with one attached hydrogen (secondary N) is 3. The lowest BCUT2D eigenvalue weighted by Crippen LogP contribution is -2.53. The standard InChI is InChI=1S/C21H24FN3O3/c1-28-21(10-12-23-13-11-21)20(27)24-14-15-2-8-18(9-3-15)25-19(26)16-4-6-17(22)7-5-16/h2-9,23H,10-14H2,1H3,(H,24,27)(H,25,26). The van der Waals surface area contributed by atoms with Gasteiger partial charge in [-0.3, -0.25) is 9.59 Å². The predicted octanol–water partition coefficient (Wildman–Crippen LogP) is 2.46. The first-order valence-electron chi connectivity index (χ1n) is 9.22. The number of rotatable bonds is 6. The zero-order chi connectivity index (χ0) is 20.0. The molecule has 7 heteroatoms. The molecule has 6 nitrogen and oxygen atoms in total. The van der Waals surface area contributed by atoms with E-state index in [0.29, 0.717) is 30.6 Å². The lowest BCUT2D eigenvalue weighted by atomic mass is 9.91. The molecular formula is C21H24FN3O3. The van der Waals surface area contributed by atoms with E-state index >= 15 is 0 Å². The fourth-order valence-electron chi connectivity index (χ4n) is 3.21. The van der Waals surface area contributed by atoms with Crippen LogP contribution >= 0.6 is 0 Å². The van der Waals surface area contributed by atoms with Crippen LogP contribution in [0.2, 0.25) is 0 Å². The summed E-state index contributed by atoms with van der Waals surface area (Å²) in [5, 5.41) is 8.92. The van der Waals surface area contributed by atoms with Gasteiger partial charge in [0.2, 0.25) is 0 Å². The number of methoxy groups -OCH3 is 1. The maximum Gasteiger partial charge on any atom is 0.255 e. The van der Waals surface area contributed by atoms with Crippen molar-refractivity contribution in [3.8, 4) is 0 Å². The molecule has 148 valence electrons. The smallest absolute Gasteiger partial charge is 0.255 e. The molecule has 0 atom stereocenters. The van der Waals surface area contributed by atoms with Crippen LogP contribution in [0.1, 0.15) is 28.8 Å². The second-order valence-corrected chi connectivity index (χ2v) is 6.79. The highest BCUT2D eigenvalue weighted by molar-refractivity contribution is 6.04. The molecule has 0 aliphatic carbocycles. The zero-order valence-corrected chi connectivity index (χ0v) is 15.8. The Labute approximate surface area is 163 Å². The van der Waals surface area contributed by atoms with E-state index in [1.807, 2.05) is 12.1 Å². The molecule has 2 aromatic carbocycles. The Bertz CT molecular complexity index is 816. The molecule has 0 bridgehead atoms. The Morgan fingerprint density at radius 3 is 2.32 bits per heavy atom. The molecule has 1 aliphatic heterocycles. The van der Waals surface area contributed by atoms with Gasteiger partial charge in [-0.1, -0.05) is 12.1 Å². The Morgan fingerprint density at radius 1 is 1.07 bits per heavy atom. The van der Waals surface area contributed by atoms with Crippen LogP contribution in [0.3, 0.4) is 0 Å². The van der Waals surface area contributed by atoms with Crippen molar-refractivity contribution in [2.45, 2.75) is 25.0 Å². The molecule has 1 saturated heterocycles. The summed E-state index contributed by atoms with van der Waals surface area (Å²) in [4.78, 5) is 24.7. The van der Waals surface area contributed by atoms with Gasteiger partial charge in [0.05, 0.1) is 0 Å². The van der Waals surface area contributed by atoms with Crippen molar-refractivity contribution >= 4 is 17.5 Å². The number of amides is 2. The highest BCUT2D eigenvalue weighted by atomic mass is 19.1. The quantitative estimate of drug-likeness (QED) is 0.714. The summed E-state index contributed by atoms with van der Waals surface area (Å²) >= 11 is 0. The first-order chi connectivity index (χ1) is 13.5. The van der Waals surface area contributed by atoms with Crippen LogP contribution in [0.4, 0.5) is 10.1 Å². The van der Waals surface area contributed by atoms with Crippen molar-refractivity contribution in [3.63, 3.8) is 0 Å². The molecular weight excluding hydrogens is 361 g/mol. The Morgan fingerprint density at radius 2 is 1.71 bits per heavy atom. The highest BCUT2D eigenvalue weighted by Gasteiger charge is 2.39.